The molecule has 0 spiro atoms. The molecule has 35 heavy (non-hydrogen) atoms. The Kier molecular flexibility index (Phi) is 21.2. The minimum Gasteiger partial charge on any atom is -0.356 e. The van der Waals surface area contributed by atoms with E-state index in [0.29, 0.717) is 45.1 Å². The average Bonchev–Trinajstić information content (AvgIpc) is 2.84. The van der Waals surface area contributed by atoms with Gasteiger partial charge < -0.3 is 21.3 Å². The lowest BCUT2D eigenvalue weighted by Gasteiger charge is -2.23. The molecule has 0 heterocycles. The van der Waals surface area contributed by atoms with Crippen molar-refractivity contribution in [3.63, 3.8) is 0 Å². The van der Waals surface area contributed by atoms with Crippen molar-refractivity contribution in [2.24, 2.45) is 0 Å². The van der Waals surface area contributed by atoms with Crippen LogP contribution in [0, 0.1) is 0 Å². The molecule has 2 unspecified atom stereocenters. The maximum atomic E-state index is 13.1. The number of amides is 3. The van der Waals surface area contributed by atoms with Crippen LogP contribution in [0.25, 0.3) is 0 Å². The zero-order chi connectivity index (χ0) is 26.3. The van der Waals surface area contributed by atoms with Gasteiger partial charge in [0, 0.05) is 25.8 Å². The van der Waals surface area contributed by atoms with Crippen molar-refractivity contribution in [2.45, 2.75) is 129 Å². The van der Waals surface area contributed by atoms with E-state index in [2.05, 4.69) is 35.1 Å². The summed E-state index contributed by atoms with van der Waals surface area (Å²) in [5.41, 5.74) is 0. The number of nitrogens with one attached hydrogen (secondary N) is 4. The van der Waals surface area contributed by atoms with Crippen LogP contribution < -0.4 is 21.3 Å². The third-order valence-corrected chi connectivity index (χ3v) is 6.13. The first-order valence-corrected chi connectivity index (χ1v) is 13.9. The summed E-state index contributed by atoms with van der Waals surface area (Å²) in [4.78, 5) is 49.8. The van der Waals surface area contributed by atoms with Crippen molar-refractivity contribution < 1.29 is 19.2 Å². The summed E-state index contributed by atoms with van der Waals surface area (Å²) in [6, 6.07) is -1.19. The van der Waals surface area contributed by atoms with E-state index in [1.54, 1.807) is 6.92 Å². The highest BCUT2D eigenvalue weighted by molar-refractivity contribution is 5.92. The molecule has 204 valence electrons. The van der Waals surface area contributed by atoms with Gasteiger partial charge in [-0.25, -0.2) is 0 Å². The molecule has 4 N–H and O–H groups in total. The van der Waals surface area contributed by atoms with Gasteiger partial charge in [-0.2, -0.15) is 0 Å². The van der Waals surface area contributed by atoms with Gasteiger partial charge in [-0.1, -0.05) is 46.5 Å². The van der Waals surface area contributed by atoms with Gasteiger partial charge in [0.15, 0.2) is 5.78 Å². The van der Waals surface area contributed by atoms with Gasteiger partial charge in [0.1, 0.15) is 6.04 Å². The summed E-state index contributed by atoms with van der Waals surface area (Å²) in [6.07, 6.45) is 11.4. The molecule has 0 aliphatic rings. The second-order valence-electron chi connectivity index (χ2n) is 9.36. The molecular weight excluding hydrogens is 444 g/mol. The molecule has 0 aromatic heterocycles. The minimum atomic E-state index is -0.672. The minimum absolute atomic E-state index is 0.0154. The number of carbonyl (C=O) groups excluding carboxylic acids is 4. The number of rotatable bonds is 23. The first kappa shape index (κ1) is 33.0. The maximum Gasteiger partial charge on any atom is 0.243 e. The molecule has 0 fully saturated rings. The molecule has 0 aromatic rings. The van der Waals surface area contributed by atoms with Crippen molar-refractivity contribution in [2.75, 3.05) is 20.1 Å². The van der Waals surface area contributed by atoms with Crippen LogP contribution >= 0.6 is 0 Å². The molecule has 0 aliphatic carbocycles. The van der Waals surface area contributed by atoms with Gasteiger partial charge in [0.05, 0.1) is 6.04 Å². The van der Waals surface area contributed by atoms with E-state index < -0.39 is 12.1 Å². The van der Waals surface area contributed by atoms with Crippen LogP contribution in [-0.2, 0) is 19.2 Å². The van der Waals surface area contributed by atoms with Crippen LogP contribution in [0.1, 0.15) is 117 Å². The van der Waals surface area contributed by atoms with Crippen molar-refractivity contribution in [1.29, 1.82) is 0 Å². The Morgan fingerprint density at radius 3 is 1.77 bits per heavy atom. The fourth-order valence-electron chi connectivity index (χ4n) is 3.88. The fourth-order valence-corrected chi connectivity index (χ4v) is 3.88. The first-order valence-electron chi connectivity index (χ1n) is 13.9. The van der Waals surface area contributed by atoms with Crippen LogP contribution in [-0.4, -0.2) is 55.7 Å². The second-order valence-corrected chi connectivity index (χ2v) is 9.36. The molecule has 0 saturated heterocycles. The number of ketones is 1. The number of hydrogen-bond donors (Lipinski definition) is 4. The lowest BCUT2D eigenvalue weighted by atomic mass is 10.0. The monoisotopic (exact) mass is 496 g/mol. The Bertz CT molecular complexity index is 598. The van der Waals surface area contributed by atoms with Crippen LogP contribution in [0.2, 0.25) is 0 Å². The van der Waals surface area contributed by atoms with Crippen molar-refractivity contribution in [3.8, 4) is 0 Å². The van der Waals surface area contributed by atoms with Gasteiger partial charge in [-0.05, 0) is 65.0 Å². The van der Waals surface area contributed by atoms with Crippen LogP contribution in [0.3, 0.4) is 0 Å². The Morgan fingerprint density at radius 2 is 1.20 bits per heavy atom. The fraction of sp³-hybridized carbons (Fsp3) is 0.852. The standard InChI is InChI=1S/C27H52N4O4/c1-5-8-10-18-25(33)29-21-15-13-17-23(30-26(34)19-11-9-6-2)27(35)31-22(24(32)7-3)16-12-14-20-28-4/h22-23,28H,5-21H2,1-4H3,(H,29,33)(H,30,34)(H,31,35). The molecule has 0 saturated carbocycles. The molecule has 0 aliphatic heterocycles. The topological polar surface area (TPSA) is 116 Å². The van der Waals surface area contributed by atoms with Gasteiger partial charge in [0.2, 0.25) is 17.7 Å². The molecule has 8 heteroatoms. The van der Waals surface area contributed by atoms with E-state index in [1.165, 1.54) is 0 Å². The normalized spacial score (nSPS) is 12.6. The largest absolute Gasteiger partial charge is 0.356 e. The number of unbranched alkanes of at least 4 members (excludes halogenated alkanes) is 6. The maximum absolute atomic E-state index is 13.1. The van der Waals surface area contributed by atoms with E-state index in [9.17, 15) is 19.2 Å². The summed E-state index contributed by atoms with van der Waals surface area (Å²) in [7, 11) is 1.89. The Balaban J connectivity index is 4.84. The Morgan fingerprint density at radius 1 is 0.629 bits per heavy atom. The average molecular weight is 497 g/mol. The smallest absolute Gasteiger partial charge is 0.243 e. The lowest BCUT2D eigenvalue weighted by Crippen LogP contribution is -2.51. The molecule has 3 amide bonds. The van der Waals surface area contributed by atoms with Crippen molar-refractivity contribution in [3.05, 3.63) is 0 Å². The molecule has 0 aromatic carbocycles. The van der Waals surface area contributed by atoms with Gasteiger partial charge in [-0.3, -0.25) is 19.2 Å². The van der Waals surface area contributed by atoms with E-state index in [-0.39, 0.29) is 23.5 Å². The lowest BCUT2D eigenvalue weighted by molar-refractivity contribution is -0.131. The second kappa shape index (κ2) is 22.5. The van der Waals surface area contributed by atoms with Gasteiger partial charge in [0.25, 0.3) is 0 Å². The Labute approximate surface area is 213 Å². The predicted molar refractivity (Wildman–Crippen MR) is 142 cm³/mol. The molecule has 0 bridgehead atoms. The van der Waals surface area contributed by atoms with E-state index in [0.717, 1.165) is 64.3 Å². The zero-order valence-electron chi connectivity index (χ0n) is 22.8. The van der Waals surface area contributed by atoms with Crippen LogP contribution in [0.15, 0.2) is 0 Å². The van der Waals surface area contributed by atoms with Crippen molar-refractivity contribution in [1.82, 2.24) is 21.3 Å². The summed E-state index contributed by atoms with van der Waals surface area (Å²) in [5, 5.41) is 11.8. The quantitative estimate of drug-likeness (QED) is 0.161. The number of Topliss-reactive ketones (excluding diaryl/α,β-unsaturated/α-hetero) is 1. The van der Waals surface area contributed by atoms with Crippen LogP contribution in [0.5, 0.6) is 0 Å². The highest BCUT2D eigenvalue weighted by atomic mass is 16.2. The van der Waals surface area contributed by atoms with Crippen molar-refractivity contribution >= 4 is 23.5 Å². The summed E-state index contributed by atoms with van der Waals surface area (Å²) >= 11 is 0. The summed E-state index contributed by atoms with van der Waals surface area (Å²) < 4.78 is 0. The third-order valence-electron chi connectivity index (χ3n) is 6.13. The number of hydrogen-bond acceptors (Lipinski definition) is 5. The van der Waals surface area contributed by atoms with Crippen LogP contribution in [0.4, 0.5) is 0 Å². The van der Waals surface area contributed by atoms with Gasteiger partial charge in [-0.15, -0.1) is 0 Å². The first-order chi connectivity index (χ1) is 16.9. The molecule has 0 rings (SSSR count). The summed E-state index contributed by atoms with van der Waals surface area (Å²) in [5.74, 6) is -0.342. The summed E-state index contributed by atoms with van der Waals surface area (Å²) in [6.45, 7) is 7.42. The zero-order valence-corrected chi connectivity index (χ0v) is 22.8. The highest BCUT2D eigenvalue weighted by Crippen LogP contribution is 2.08. The third kappa shape index (κ3) is 18.0. The highest BCUT2D eigenvalue weighted by Gasteiger charge is 2.25. The van der Waals surface area contributed by atoms with Gasteiger partial charge >= 0.3 is 0 Å². The van der Waals surface area contributed by atoms with E-state index >= 15 is 0 Å². The SMILES string of the molecule is CCCCCC(=O)NCCCCC(NC(=O)CCCCC)C(=O)NC(CCCCNC)C(=O)CC. The Hall–Kier alpha value is -1.96. The predicted octanol–water partition coefficient (Wildman–Crippen LogP) is 3.77. The molecule has 8 nitrogen and oxygen atoms in total. The van der Waals surface area contributed by atoms with E-state index in [4.69, 9.17) is 0 Å². The molecule has 0 radical (unpaired) electrons. The molecule has 2 atom stereocenters. The van der Waals surface area contributed by atoms with E-state index in [1.807, 2.05) is 7.05 Å². The number of carbonyl (C=O) groups is 4. The molecular formula is C27H52N4O4.